The van der Waals surface area contributed by atoms with Crippen LogP contribution < -0.4 is 16.4 Å². The number of thiophene rings is 1. The Bertz CT molecular complexity index is 1070. The fourth-order valence-corrected chi connectivity index (χ4v) is 3.59. The van der Waals surface area contributed by atoms with E-state index in [2.05, 4.69) is 25.7 Å². The van der Waals surface area contributed by atoms with Crippen molar-refractivity contribution in [1.29, 1.82) is 0 Å². The predicted octanol–water partition coefficient (Wildman–Crippen LogP) is 4.61. The zero-order valence-corrected chi connectivity index (χ0v) is 19.0. The molecule has 4 rings (SSSR count). The molecule has 1 aliphatic rings. The molecule has 0 aromatic carbocycles. The number of aromatic nitrogens is 4. The second-order valence-corrected chi connectivity index (χ2v) is 8.06. The lowest BCUT2D eigenvalue weighted by molar-refractivity contribution is -0.140. The SMILES string of the molecule is C1CCNCC1.CC(F)(F)F.Cn1cc(NC(=O)c2csc3ncc(N)nc23)c(C(F)(F)F)n1. The van der Waals surface area contributed by atoms with Gasteiger partial charge in [0.25, 0.3) is 5.91 Å². The summed E-state index contributed by atoms with van der Waals surface area (Å²) in [4.78, 5) is 20.7. The maximum atomic E-state index is 12.9. The number of fused-ring (bicyclic) bond motifs is 1. The largest absolute Gasteiger partial charge is 0.437 e. The van der Waals surface area contributed by atoms with E-state index in [4.69, 9.17) is 5.73 Å². The Morgan fingerprint density at radius 1 is 1.18 bits per heavy atom. The highest BCUT2D eigenvalue weighted by atomic mass is 32.1. The normalized spacial score (nSPS) is 14.0. The van der Waals surface area contributed by atoms with Gasteiger partial charge in [0.2, 0.25) is 0 Å². The molecule has 1 amide bonds. The highest BCUT2D eigenvalue weighted by Crippen LogP contribution is 2.34. The van der Waals surface area contributed by atoms with Crippen LogP contribution in [-0.4, -0.2) is 44.9 Å². The lowest BCUT2D eigenvalue weighted by atomic mass is 10.2. The third kappa shape index (κ3) is 8.78. The lowest BCUT2D eigenvalue weighted by Crippen LogP contribution is -2.21. The van der Waals surface area contributed by atoms with Gasteiger partial charge in [-0.05, 0) is 25.9 Å². The van der Waals surface area contributed by atoms with Crippen molar-refractivity contribution in [2.45, 2.75) is 38.5 Å². The molecule has 1 fully saturated rings. The maximum Gasteiger partial charge on any atom is 0.437 e. The van der Waals surface area contributed by atoms with Crippen LogP contribution in [0.1, 0.15) is 42.2 Å². The van der Waals surface area contributed by atoms with Crippen molar-refractivity contribution in [2.24, 2.45) is 7.05 Å². The predicted molar refractivity (Wildman–Crippen MR) is 116 cm³/mol. The number of hydrogen-bond donors (Lipinski definition) is 3. The van der Waals surface area contributed by atoms with Crippen LogP contribution in [0.5, 0.6) is 0 Å². The first-order valence-electron chi connectivity index (χ1n) is 9.95. The van der Waals surface area contributed by atoms with Gasteiger partial charge in [-0.2, -0.15) is 31.4 Å². The number of nitrogens with one attached hydrogen (secondary N) is 2. The van der Waals surface area contributed by atoms with E-state index >= 15 is 0 Å². The topological polar surface area (TPSA) is 111 Å². The van der Waals surface area contributed by atoms with Crippen LogP contribution in [-0.2, 0) is 13.2 Å². The number of rotatable bonds is 2. The first kappa shape index (κ1) is 27.3. The minimum atomic E-state index is -4.68. The number of amides is 1. The van der Waals surface area contributed by atoms with E-state index in [0.717, 1.165) is 22.2 Å². The highest BCUT2D eigenvalue weighted by molar-refractivity contribution is 7.17. The van der Waals surface area contributed by atoms with E-state index in [9.17, 15) is 31.1 Å². The second kappa shape index (κ2) is 11.5. The summed E-state index contributed by atoms with van der Waals surface area (Å²) in [6.07, 6.45) is -2.05. The van der Waals surface area contributed by atoms with Gasteiger partial charge in [-0.1, -0.05) is 6.42 Å². The van der Waals surface area contributed by atoms with Crippen molar-refractivity contribution in [2.75, 3.05) is 24.1 Å². The van der Waals surface area contributed by atoms with Gasteiger partial charge >= 0.3 is 12.4 Å². The number of nitrogen functional groups attached to an aromatic ring is 1. The molecule has 1 saturated heterocycles. The number of alkyl halides is 6. The first-order valence-corrected chi connectivity index (χ1v) is 10.8. The number of carbonyl (C=O) groups is 1. The fraction of sp³-hybridized carbons (Fsp3) is 0.474. The number of anilines is 2. The van der Waals surface area contributed by atoms with E-state index in [1.807, 2.05) is 0 Å². The molecule has 15 heteroatoms. The average molecular weight is 511 g/mol. The average Bonchev–Trinajstić information content (AvgIpc) is 3.31. The Balaban J connectivity index is 0.000000306. The Morgan fingerprint density at radius 2 is 1.79 bits per heavy atom. The first-order chi connectivity index (χ1) is 15.8. The third-order valence-electron chi connectivity index (χ3n) is 4.10. The summed E-state index contributed by atoms with van der Waals surface area (Å²) >= 11 is 1.14. The summed E-state index contributed by atoms with van der Waals surface area (Å²) in [6, 6.07) is 0. The van der Waals surface area contributed by atoms with Crippen molar-refractivity contribution in [3.05, 3.63) is 29.0 Å². The second-order valence-electron chi connectivity index (χ2n) is 7.21. The van der Waals surface area contributed by atoms with Gasteiger partial charge in [0, 0.05) is 25.5 Å². The monoisotopic (exact) mass is 511 g/mol. The van der Waals surface area contributed by atoms with Crippen LogP contribution in [0.15, 0.2) is 17.8 Å². The number of nitrogens with zero attached hydrogens (tertiary/aromatic N) is 4. The Hall–Kier alpha value is -2.94. The number of hydrogen-bond acceptors (Lipinski definition) is 7. The van der Waals surface area contributed by atoms with Crippen LogP contribution >= 0.6 is 11.3 Å². The van der Waals surface area contributed by atoms with Crippen molar-refractivity contribution in [3.63, 3.8) is 0 Å². The molecule has 0 aliphatic carbocycles. The summed E-state index contributed by atoms with van der Waals surface area (Å²) in [6.45, 7) is 2.69. The summed E-state index contributed by atoms with van der Waals surface area (Å²) < 4.78 is 70.7. The summed E-state index contributed by atoms with van der Waals surface area (Å²) in [5.74, 6) is -0.628. The molecule has 3 aromatic heterocycles. The molecule has 0 radical (unpaired) electrons. The van der Waals surface area contributed by atoms with Crippen LogP contribution in [0.2, 0.25) is 0 Å². The number of nitrogens with two attached hydrogens (primary N) is 1. The molecule has 0 saturated carbocycles. The summed E-state index contributed by atoms with van der Waals surface area (Å²) in [7, 11) is 1.33. The molecule has 0 spiro atoms. The number of carbonyl (C=O) groups excluding carboxylic acids is 1. The molecular formula is C19H23F6N7OS. The molecule has 8 nitrogen and oxygen atoms in total. The Kier molecular flexibility index (Phi) is 9.21. The minimum absolute atomic E-state index is 0.0989. The van der Waals surface area contributed by atoms with Crippen LogP contribution in [0.4, 0.5) is 37.8 Å². The lowest BCUT2D eigenvalue weighted by Gasteiger charge is -2.08. The Morgan fingerprint density at radius 3 is 2.29 bits per heavy atom. The van der Waals surface area contributed by atoms with Crippen LogP contribution in [0.3, 0.4) is 0 Å². The van der Waals surface area contributed by atoms with Gasteiger partial charge in [-0.15, -0.1) is 11.3 Å². The maximum absolute atomic E-state index is 12.9. The van der Waals surface area contributed by atoms with Gasteiger partial charge < -0.3 is 16.4 Å². The zero-order chi connectivity index (χ0) is 25.5. The molecule has 188 valence electrons. The van der Waals surface area contributed by atoms with Crippen molar-refractivity contribution >= 4 is 39.1 Å². The van der Waals surface area contributed by atoms with Crippen molar-refractivity contribution in [3.8, 4) is 0 Å². The fourth-order valence-electron chi connectivity index (χ4n) is 2.77. The summed E-state index contributed by atoms with van der Waals surface area (Å²) in [5, 5.41) is 10.3. The quantitative estimate of drug-likeness (QED) is 0.434. The number of piperidine rings is 1. The third-order valence-corrected chi connectivity index (χ3v) is 4.97. The van der Waals surface area contributed by atoms with Gasteiger partial charge in [0.05, 0.1) is 17.4 Å². The molecule has 0 atom stereocenters. The molecule has 34 heavy (non-hydrogen) atoms. The molecule has 4 heterocycles. The van der Waals surface area contributed by atoms with Crippen molar-refractivity contribution in [1.82, 2.24) is 25.1 Å². The number of halogens is 6. The van der Waals surface area contributed by atoms with Crippen LogP contribution in [0, 0.1) is 0 Å². The van der Waals surface area contributed by atoms with Gasteiger partial charge in [0.15, 0.2) is 5.69 Å². The van der Waals surface area contributed by atoms with Crippen LogP contribution in [0.25, 0.3) is 10.3 Å². The minimum Gasteiger partial charge on any atom is -0.382 e. The zero-order valence-electron chi connectivity index (χ0n) is 18.2. The van der Waals surface area contributed by atoms with Gasteiger partial charge in [0.1, 0.15) is 16.2 Å². The van der Waals surface area contributed by atoms with E-state index in [1.165, 1.54) is 51.0 Å². The number of aryl methyl sites for hydroxylation is 1. The highest BCUT2D eigenvalue weighted by Gasteiger charge is 2.37. The van der Waals surface area contributed by atoms with Gasteiger partial charge in [-0.25, -0.2) is 9.97 Å². The molecule has 4 N–H and O–H groups in total. The standard InChI is InChI=1S/C12H9F3N6OS.C5H11N.C2H3F3/c1-21-3-6(9(20-21)12(13,14)15)18-10(22)5-4-23-11-8(5)19-7(16)2-17-11;1-2-4-6-5-3-1;1-2(3,4)5/h2-4H,1H3,(H2,16,19)(H,18,22);6H,1-5H2;1H3. The van der Waals surface area contributed by atoms with E-state index < -0.39 is 29.6 Å². The van der Waals surface area contributed by atoms with Gasteiger partial charge in [-0.3, -0.25) is 9.48 Å². The van der Waals surface area contributed by atoms with E-state index in [-0.39, 0.29) is 23.8 Å². The molecule has 0 unspecified atom stereocenters. The van der Waals surface area contributed by atoms with Crippen molar-refractivity contribution < 1.29 is 31.1 Å². The smallest absolute Gasteiger partial charge is 0.382 e. The Labute approximate surface area is 194 Å². The molecular weight excluding hydrogens is 488 g/mol. The van der Waals surface area contributed by atoms with E-state index in [1.54, 1.807) is 0 Å². The molecule has 1 aliphatic heterocycles. The summed E-state index contributed by atoms with van der Waals surface area (Å²) in [5.41, 5.74) is 4.27. The molecule has 0 bridgehead atoms. The van der Waals surface area contributed by atoms with E-state index in [0.29, 0.717) is 4.83 Å². The molecule has 3 aromatic rings.